The van der Waals surface area contributed by atoms with Gasteiger partial charge in [-0.15, -0.1) is 0 Å². The second-order valence-corrected chi connectivity index (χ2v) is 5.09. The molecule has 0 spiro atoms. The standard InChI is InChI=1S/C13H11BrClN3O/c14-12-9(15)2-1-3-11(12)18-7-4-5-10(16)8(6-7)13(17)19/h1-6,18H,16H2,(H2,17,19). The minimum atomic E-state index is -0.564. The highest BCUT2D eigenvalue weighted by atomic mass is 79.9. The molecule has 0 bridgehead atoms. The first kappa shape index (κ1) is 13.7. The molecule has 2 aromatic carbocycles. The van der Waals surface area contributed by atoms with Crippen LogP contribution < -0.4 is 16.8 Å². The van der Waals surface area contributed by atoms with E-state index in [0.29, 0.717) is 16.4 Å². The van der Waals surface area contributed by atoms with Gasteiger partial charge in [-0.25, -0.2) is 0 Å². The predicted octanol–water partition coefficient (Wildman–Crippen LogP) is 3.53. The Labute approximate surface area is 123 Å². The summed E-state index contributed by atoms with van der Waals surface area (Å²) < 4.78 is 0.745. The molecule has 0 unspecified atom stereocenters. The zero-order chi connectivity index (χ0) is 14.0. The van der Waals surface area contributed by atoms with Gasteiger partial charge >= 0.3 is 0 Å². The number of primary amides is 1. The number of halogens is 2. The van der Waals surface area contributed by atoms with Crippen molar-refractivity contribution in [3.8, 4) is 0 Å². The van der Waals surface area contributed by atoms with E-state index in [1.54, 1.807) is 24.3 Å². The smallest absolute Gasteiger partial charge is 0.250 e. The van der Waals surface area contributed by atoms with Gasteiger partial charge in [0.2, 0.25) is 0 Å². The molecule has 0 aromatic heterocycles. The molecule has 0 saturated carbocycles. The minimum absolute atomic E-state index is 0.281. The minimum Gasteiger partial charge on any atom is -0.398 e. The number of hydrogen-bond donors (Lipinski definition) is 3. The van der Waals surface area contributed by atoms with E-state index in [1.807, 2.05) is 12.1 Å². The molecule has 0 heterocycles. The molecule has 2 rings (SSSR count). The maximum absolute atomic E-state index is 11.2. The monoisotopic (exact) mass is 339 g/mol. The van der Waals surface area contributed by atoms with Crippen LogP contribution in [0.15, 0.2) is 40.9 Å². The summed E-state index contributed by atoms with van der Waals surface area (Å²) >= 11 is 9.39. The van der Waals surface area contributed by atoms with Crippen molar-refractivity contribution < 1.29 is 4.79 Å². The summed E-state index contributed by atoms with van der Waals surface area (Å²) in [5, 5.41) is 3.73. The average Bonchev–Trinajstić information content (AvgIpc) is 2.37. The van der Waals surface area contributed by atoms with Crippen LogP contribution >= 0.6 is 27.5 Å². The number of nitrogens with one attached hydrogen (secondary N) is 1. The summed E-state index contributed by atoms with van der Waals surface area (Å²) in [6, 6.07) is 10.4. The van der Waals surface area contributed by atoms with Crippen molar-refractivity contribution >= 4 is 50.5 Å². The highest BCUT2D eigenvalue weighted by molar-refractivity contribution is 9.10. The molecule has 4 nitrogen and oxygen atoms in total. The van der Waals surface area contributed by atoms with E-state index in [9.17, 15) is 4.79 Å². The SMILES string of the molecule is NC(=O)c1cc(Nc2cccc(Cl)c2Br)ccc1N. The van der Waals surface area contributed by atoms with Gasteiger partial charge in [-0.2, -0.15) is 0 Å². The van der Waals surface area contributed by atoms with Gasteiger partial charge in [0.05, 0.1) is 20.7 Å². The lowest BCUT2D eigenvalue weighted by molar-refractivity contribution is 0.100. The van der Waals surface area contributed by atoms with Crippen molar-refractivity contribution in [2.24, 2.45) is 5.73 Å². The Hall–Kier alpha value is -1.72. The number of anilines is 3. The van der Waals surface area contributed by atoms with Gasteiger partial charge in [0, 0.05) is 11.4 Å². The number of rotatable bonds is 3. The van der Waals surface area contributed by atoms with Crippen molar-refractivity contribution in [2.75, 3.05) is 11.1 Å². The summed E-state index contributed by atoms with van der Waals surface area (Å²) in [6.45, 7) is 0. The Bertz CT molecular complexity index is 646. The lowest BCUT2D eigenvalue weighted by Gasteiger charge is -2.11. The van der Waals surface area contributed by atoms with Crippen LogP contribution in [0.3, 0.4) is 0 Å². The van der Waals surface area contributed by atoms with E-state index in [-0.39, 0.29) is 5.56 Å². The van der Waals surface area contributed by atoms with Crippen LogP contribution in [0.4, 0.5) is 17.1 Å². The largest absolute Gasteiger partial charge is 0.398 e. The van der Waals surface area contributed by atoms with E-state index in [4.69, 9.17) is 23.1 Å². The molecule has 5 N–H and O–H groups in total. The number of benzene rings is 2. The fourth-order valence-corrected chi connectivity index (χ4v) is 2.14. The van der Waals surface area contributed by atoms with E-state index in [0.717, 1.165) is 10.2 Å². The molecule has 0 saturated heterocycles. The first-order valence-corrected chi connectivity index (χ1v) is 6.56. The van der Waals surface area contributed by atoms with Gasteiger partial charge in [0.25, 0.3) is 5.91 Å². The van der Waals surface area contributed by atoms with E-state index < -0.39 is 5.91 Å². The summed E-state index contributed by atoms with van der Waals surface area (Å²) in [7, 11) is 0. The zero-order valence-electron chi connectivity index (χ0n) is 9.78. The lowest BCUT2D eigenvalue weighted by Crippen LogP contribution is -2.13. The highest BCUT2D eigenvalue weighted by Crippen LogP contribution is 2.32. The van der Waals surface area contributed by atoms with Crippen molar-refractivity contribution in [2.45, 2.75) is 0 Å². The maximum Gasteiger partial charge on any atom is 0.250 e. The van der Waals surface area contributed by atoms with Crippen LogP contribution in [0.2, 0.25) is 5.02 Å². The summed E-state index contributed by atoms with van der Waals surface area (Å²) in [5.74, 6) is -0.564. The van der Waals surface area contributed by atoms with E-state index in [2.05, 4.69) is 21.2 Å². The Balaban J connectivity index is 2.36. The van der Waals surface area contributed by atoms with Crippen molar-refractivity contribution in [1.82, 2.24) is 0 Å². The van der Waals surface area contributed by atoms with Gasteiger partial charge in [-0.05, 0) is 46.3 Å². The van der Waals surface area contributed by atoms with Crippen molar-refractivity contribution in [3.63, 3.8) is 0 Å². The molecule has 6 heteroatoms. The maximum atomic E-state index is 11.2. The number of hydrogen-bond acceptors (Lipinski definition) is 3. The topological polar surface area (TPSA) is 81.1 Å². The van der Waals surface area contributed by atoms with E-state index in [1.165, 1.54) is 0 Å². The summed E-state index contributed by atoms with van der Waals surface area (Å²) in [4.78, 5) is 11.2. The molecule has 0 aliphatic rings. The Kier molecular flexibility index (Phi) is 3.97. The van der Waals surface area contributed by atoms with Gasteiger partial charge in [0.1, 0.15) is 0 Å². The van der Waals surface area contributed by atoms with Crippen molar-refractivity contribution in [1.29, 1.82) is 0 Å². The molecule has 0 radical (unpaired) electrons. The van der Waals surface area contributed by atoms with Crippen LogP contribution in [-0.2, 0) is 0 Å². The number of carbonyl (C=O) groups excluding carboxylic acids is 1. The summed E-state index contributed by atoms with van der Waals surface area (Å²) in [5.41, 5.74) is 13.0. The van der Waals surface area contributed by atoms with Crippen LogP contribution in [0, 0.1) is 0 Å². The molecular weight excluding hydrogens is 330 g/mol. The number of nitrogens with two attached hydrogens (primary N) is 2. The van der Waals surface area contributed by atoms with E-state index >= 15 is 0 Å². The molecule has 19 heavy (non-hydrogen) atoms. The molecule has 98 valence electrons. The van der Waals surface area contributed by atoms with Crippen LogP contribution in [0.5, 0.6) is 0 Å². The van der Waals surface area contributed by atoms with Gasteiger partial charge in [-0.1, -0.05) is 17.7 Å². The van der Waals surface area contributed by atoms with Crippen molar-refractivity contribution in [3.05, 3.63) is 51.5 Å². The Morgan fingerprint density at radius 1 is 1.26 bits per heavy atom. The second kappa shape index (κ2) is 5.50. The van der Waals surface area contributed by atoms with Crippen LogP contribution in [0.1, 0.15) is 10.4 Å². The first-order chi connectivity index (χ1) is 8.99. The zero-order valence-corrected chi connectivity index (χ0v) is 12.1. The molecule has 0 atom stereocenters. The molecule has 0 fully saturated rings. The van der Waals surface area contributed by atoms with Crippen LogP contribution in [-0.4, -0.2) is 5.91 Å². The third-order valence-electron chi connectivity index (χ3n) is 2.55. The van der Waals surface area contributed by atoms with Crippen LogP contribution in [0.25, 0.3) is 0 Å². The normalized spacial score (nSPS) is 10.2. The molecule has 0 aliphatic carbocycles. The first-order valence-electron chi connectivity index (χ1n) is 5.39. The molecule has 1 amide bonds. The van der Waals surface area contributed by atoms with Gasteiger partial charge in [-0.3, -0.25) is 4.79 Å². The average molecular weight is 341 g/mol. The lowest BCUT2D eigenvalue weighted by atomic mass is 10.1. The fourth-order valence-electron chi connectivity index (χ4n) is 1.60. The number of nitrogen functional groups attached to an aromatic ring is 1. The highest BCUT2D eigenvalue weighted by Gasteiger charge is 2.08. The fraction of sp³-hybridized carbons (Fsp3) is 0. The predicted molar refractivity (Wildman–Crippen MR) is 81.8 cm³/mol. The second-order valence-electron chi connectivity index (χ2n) is 3.89. The molecule has 0 aliphatic heterocycles. The van der Waals surface area contributed by atoms with Gasteiger partial charge < -0.3 is 16.8 Å². The Morgan fingerprint density at radius 2 is 2.00 bits per heavy atom. The number of carbonyl (C=O) groups is 1. The third-order valence-corrected chi connectivity index (χ3v) is 3.95. The quantitative estimate of drug-likeness (QED) is 0.748. The summed E-state index contributed by atoms with van der Waals surface area (Å²) in [6.07, 6.45) is 0. The van der Waals surface area contributed by atoms with Gasteiger partial charge in [0.15, 0.2) is 0 Å². The molecule has 2 aromatic rings. The Morgan fingerprint density at radius 3 is 2.68 bits per heavy atom. The third kappa shape index (κ3) is 3.00. The number of amides is 1. The molecular formula is C13H11BrClN3O.